The maximum Gasteiger partial charge on any atom is 0.255 e. The fourth-order valence-electron chi connectivity index (χ4n) is 0.732. The summed E-state index contributed by atoms with van der Waals surface area (Å²) >= 11 is 0. The molecule has 1 heterocycles. The molecule has 1 aromatic rings. The van der Waals surface area contributed by atoms with E-state index in [9.17, 15) is 4.79 Å². The summed E-state index contributed by atoms with van der Waals surface area (Å²) in [4.78, 5) is 15.0. The van der Waals surface area contributed by atoms with Crippen LogP contribution in [-0.4, -0.2) is 16.5 Å². The second-order valence-corrected chi connectivity index (χ2v) is 2.02. The Morgan fingerprint density at radius 3 is 3.27 bits per heavy atom. The second-order valence-electron chi connectivity index (χ2n) is 2.02. The fourth-order valence-corrected chi connectivity index (χ4v) is 0.732. The van der Waals surface area contributed by atoms with Gasteiger partial charge in [0.2, 0.25) is 0 Å². The van der Waals surface area contributed by atoms with Crippen LogP contribution in [0.3, 0.4) is 0 Å². The molecule has 0 bridgehead atoms. The first kappa shape index (κ1) is 4.54. The first-order chi connectivity index (χ1) is 6.42. The summed E-state index contributed by atoms with van der Waals surface area (Å²) < 4.78 is 22.1. The molecule has 11 heavy (non-hydrogen) atoms. The number of hydrogen-bond acceptors (Lipinski definition) is 3. The lowest BCUT2D eigenvalue weighted by atomic mass is 10.5. The third-order valence-electron chi connectivity index (χ3n) is 1.35. The summed E-state index contributed by atoms with van der Waals surface area (Å²) in [5, 5.41) is 2.15. The van der Waals surface area contributed by atoms with Gasteiger partial charge in [-0.1, -0.05) is 0 Å². The van der Waals surface area contributed by atoms with Gasteiger partial charge in [0.15, 0.2) is 0 Å². The number of hydrogen-bond donors (Lipinski definition) is 1. The quantitative estimate of drug-likeness (QED) is 0.670. The molecule has 0 aliphatic rings. The van der Waals surface area contributed by atoms with Crippen molar-refractivity contribution in [3.63, 3.8) is 0 Å². The third-order valence-corrected chi connectivity index (χ3v) is 1.35. The van der Waals surface area contributed by atoms with Crippen LogP contribution in [0.2, 0.25) is 0 Å². The second kappa shape index (κ2) is 3.18. The number of aromatic nitrogens is 2. The number of nitrogens with zero attached hydrogens (tertiary/aromatic N) is 2. The third kappa shape index (κ3) is 1.58. The number of nitrogens with one attached hydrogen (secondary N) is 1. The van der Waals surface area contributed by atoms with Gasteiger partial charge in [-0.05, 0) is 6.92 Å². The molecule has 0 spiro atoms. The molecular weight excluding hydrogens is 142 g/mol. The zero-order valence-electron chi connectivity index (χ0n) is 9.16. The Morgan fingerprint density at radius 2 is 2.73 bits per heavy atom. The monoisotopic (exact) mass is 156 g/mol. The first-order valence-corrected chi connectivity index (χ1v) is 3.27. The molecule has 4 nitrogen and oxygen atoms in total. The van der Waals surface area contributed by atoms with E-state index >= 15 is 0 Å². The predicted octanol–water partition coefficient (Wildman–Crippen LogP) is 0.305. The van der Waals surface area contributed by atoms with E-state index in [0.717, 1.165) is 6.07 Å². The van der Waals surface area contributed by atoms with Crippen LogP contribution in [-0.2, 0) is 6.54 Å². The first-order valence-electron chi connectivity index (χ1n) is 4.77. The summed E-state index contributed by atoms with van der Waals surface area (Å²) in [6.07, 6.45) is 1.32. The summed E-state index contributed by atoms with van der Waals surface area (Å²) in [6.45, 7) is -0.00232. The SMILES string of the molecule is [2H]C([2H])([2H])Nc1cc(=O)n(CC)cn1. The van der Waals surface area contributed by atoms with Crippen LogP contribution in [0.15, 0.2) is 17.2 Å². The molecule has 0 saturated heterocycles. The van der Waals surface area contributed by atoms with Gasteiger partial charge in [-0.2, -0.15) is 0 Å². The maximum atomic E-state index is 11.3. The lowest BCUT2D eigenvalue weighted by Crippen LogP contribution is -2.18. The van der Waals surface area contributed by atoms with Crippen LogP contribution >= 0.6 is 0 Å². The highest BCUT2D eigenvalue weighted by molar-refractivity contribution is 5.30. The molecule has 1 rings (SSSR count). The van der Waals surface area contributed by atoms with Gasteiger partial charge in [0, 0.05) is 23.7 Å². The van der Waals surface area contributed by atoms with Gasteiger partial charge in [0.25, 0.3) is 5.56 Å². The Bertz CT molecular complexity index is 371. The summed E-state index contributed by atoms with van der Waals surface area (Å²) in [5.74, 6) is 0.0692. The highest BCUT2D eigenvalue weighted by Crippen LogP contribution is 1.92. The van der Waals surface area contributed by atoms with Crippen LogP contribution < -0.4 is 10.9 Å². The average Bonchev–Trinajstić information content (AvgIpc) is 2.01. The van der Waals surface area contributed by atoms with Crippen molar-refractivity contribution in [2.75, 3.05) is 12.3 Å². The molecule has 0 atom stereocenters. The van der Waals surface area contributed by atoms with E-state index in [0.29, 0.717) is 6.54 Å². The zero-order valence-corrected chi connectivity index (χ0v) is 6.16. The molecule has 1 N–H and O–H groups in total. The predicted molar refractivity (Wildman–Crippen MR) is 43.7 cm³/mol. The van der Waals surface area contributed by atoms with Crippen molar-refractivity contribution >= 4 is 5.82 Å². The van der Waals surface area contributed by atoms with E-state index in [-0.39, 0.29) is 11.4 Å². The van der Waals surface area contributed by atoms with E-state index < -0.39 is 6.98 Å². The number of anilines is 1. The Hall–Kier alpha value is -1.32. The van der Waals surface area contributed by atoms with Gasteiger partial charge in [0.05, 0.1) is 6.33 Å². The van der Waals surface area contributed by atoms with Crippen molar-refractivity contribution < 1.29 is 4.11 Å². The van der Waals surface area contributed by atoms with Gasteiger partial charge >= 0.3 is 0 Å². The largest absolute Gasteiger partial charge is 0.373 e. The van der Waals surface area contributed by atoms with Crippen LogP contribution in [0.25, 0.3) is 0 Å². The van der Waals surface area contributed by atoms with E-state index in [2.05, 4.69) is 10.3 Å². The van der Waals surface area contributed by atoms with Gasteiger partial charge in [-0.3, -0.25) is 9.36 Å². The molecule has 1 aromatic heterocycles. The molecule has 0 fully saturated rings. The average molecular weight is 156 g/mol. The lowest BCUT2D eigenvalue weighted by molar-refractivity contribution is 0.708. The summed E-state index contributed by atoms with van der Waals surface area (Å²) in [6, 6.07) is 1.16. The van der Waals surface area contributed by atoms with Crippen molar-refractivity contribution in [1.82, 2.24) is 9.55 Å². The maximum absolute atomic E-state index is 11.3. The van der Waals surface area contributed by atoms with Gasteiger partial charge in [0.1, 0.15) is 5.82 Å². The van der Waals surface area contributed by atoms with E-state index in [1.165, 1.54) is 10.9 Å². The van der Waals surface area contributed by atoms with Crippen LogP contribution in [0, 0.1) is 0 Å². The molecule has 0 aromatic carbocycles. The Kier molecular flexibility index (Phi) is 1.31. The molecule has 60 valence electrons. The molecule has 0 aliphatic carbocycles. The highest BCUT2D eigenvalue weighted by atomic mass is 16.1. The minimum absolute atomic E-state index is 0.0692. The fraction of sp³-hybridized carbons (Fsp3) is 0.429. The molecule has 0 unspecified atom stereocenters. The highest BCUT2D eigenvalue weighted by Gasteiger charge is 1.94. The van der Waals surface area contributed by atoms with Crippen LogP contribution in [0.5, 0.6) is 0 Å². The molecular formula is C7H11N3O. The Balaban J connectivity index is 2.93. The molecule has 0 amide bonds. The Morgan fingerprint density at radius 1 is 1.91 bits per heavy atom. The summed E-state index contributed by atoms with van der Waals surface area (Å²) in [7, 11) is 0. The summed E-state index contributed by atoms with van der Waals surface area (Å²) in [5.41, 5.74) is -0.269. The van der Waals surface area contributed by atoms with Gasteiger partial charge < -0.3 is 5.32 Å². The van der Waals surface area contributed by atoms with Crippen molar-refractivity contribution in [3.8, 4) is 0 Å². The van der Waals surface area contributed by atoms with Gasteiger partial charge in [-0.15, -0.1) is 0 Å². The molecule has 4 heteroatoms. The minimum Gasteiger partial charge on any atom is -0.373 e. The molecule has 0 radical (unpaired) electrons. The normalized spacial score (nSPS) is 14.8. The molecule has 0 aliphatic heterocycles. The van der Waals surface area contributed by atoms with E-state index in [1.54, 1.807) is 6.92 Å². The van der Waals surface area contributed by atoms with E-state index in [1.807, 2.05) is 0 Å². The Labute approximate surface area is 69.1 Å². The zero-order chi connectivity index (χ0) is 10.8. The van der Waals surface area contributed by atoms with E-state index in [4.69, 9.17) is 4.11 Å². The standard InChI is InChI=1S/C7H11N3O/c1-3-10-5-9-6(8-2)4-7(10)11/h4-5,8H,3H2,1-2H3/i2D3. The number of rotatable bonds is 2. The molecule has 0 saturated carbocycles. The van der Waals surface area contributed by atoms with Gasteiger partial charge in [-0.25, -0.2) is 4.98 Å². The minimum atomic E-state index is -2.32. The lowest BCUT2D eigenvalue weighted by Gasteiger charge is -2.01. The van der Waals surface area contributed by atoms with Crippen LogP contribution in [0.4, 0.5) is 5.82 Å². The number of aryl methyl sites for hydroxylation is 1. The van der Waals surface area contributed by atoms with Crippen LogP contribution in [0.1, 0.15) is 11.0 Å². The van der Waals surface area contributed by atoms with Crippen molar-refractivity contribution in [1.29, 1.82) is 0 Å². The van der Waals surface area contributed by atoms with Crippen molar-refractivity contribution in [2.24, 2.45) is 0 Å². The smallest absolute Gasteiger partial charge is 0.255 e. The van der Waals surface area contributed by atoms with Crippen molar-refractivity contribution in [3.05, 3.63) is 22.7 Å². The topological polar surface area (TPSA) is 46.9 Å². The van der Waals surface area contributed by atoms with Crippen molar-refractivity contribution in [2.45, 2.75) is 13.5 Å².